The minimum Gasteiger partial charge on any atom is -0.497 e. The van der Waals surface area contributed by atoms with E-state index in [2.05, 4.69) is 32.7 Å². The summed E-state index contributed by atoms with van der Waals surface area (Å²) in [6, 6.07) is 17.2. The maximum Gasteiger partial charge on any atom is 0.257 e. The van der Waals surface area contributed by atoms with E-state index in [-0.39, 0.29) is 11.8 Å². The molecule has 0 atom stereocenters. The first-order chi connectivity index (χ1) is 20.0. The number of aryl methyl sites for hydroxylation is 2. The van der Waals surface area contributed by atoms with Crippen LogP contribution in [0.3, 0.4) is 0 Å². The largest absolute Gasteiger partial charge is 0.497 e. The predicted molar refractivity (Wildman–Crippen MR) is 160 cm³/mol. The maximum absolute atomic E-state index is 13.3. The number of carbonyl (C=O) groups excluding carboxylic acids is 2. The summed E-state index contributed by atoms with van der Waals surface area (Å²) < 4.78 is 7.29. The number of likely N-dealkylation sites (tertiary alicyclic amines) is 1. The monoisotopic (exact) mass is 552 g/mol. The zero-order valence-corrected chi connectivity index (χ0v) is 23.5. The van der Waals surface area contributed by atoms with Crippen molar-refractivity contribution in [2.75, 3.05) is 37.4 Å². The molecule has 1 aliphatic heterocycles. The Morgan fingerprint density at radius 1 is 1.02 bits per heavy atom. The number of amides is 2. The standard InChI is InChI=1S/C32H36N6O3/c1-23-4-5-26(32(40)38-17-12-25(13-18-38)24-6-9-28(41-2)10-7-24)20-29(23)36-31(39)27-8-11-30(35-21-27)34-14-3-16-37-19-15-33-22-37/h4-11,15,19-22,25H,3,12-14,16-18H2,1-2H3,(H,34,35)(H,36,39). The molecule has 0 saturated carbocycles. The number of carbonyl (C=O) groups is 2. The third-order valence-corrected chi connectivity index (χ3v) is 7.59. The van der Waals surface area contributed by atoms with Crippen LogP contribution in [0.15, 0.2) is 79.5 Å². The Labute approximate surface area is 240 Å². The minimum absolute atomic E-state index is 0.0150. The summed E-state index contributed by atoms with van der Waals surface area (Å²) in [6.45, 7) is 4.94. The van der Waals surface area contributed by atoms with Crippen molar-refractivity contribution in [3.05, 3.63) is 102 Å². The van der Waals surface area contributed by atoms with Crippen LogP contribution in [0.1, 0.15) is 57.0 Å². The Bertz CT molecular complexity index is 1440. The first kappa shape index (κ1) is 27.9. The summed E-state index contributed by atoms with van der Waals surface area (Å²) in [6.07, 6.45) is 9.81. The van der Waals surface area contributed by atoms with Gasteiger partial charge in [0.2, 0.25) is 0 Å². The van der Waals surface area contributed by atoms with E-state index in [0.717, 1.165) is 43.7 Å². The van der Waals surface area contributed by atoms with Gasteiger partial charge >= 0.3 is 0 Å². The van der Waals surface area contributed by atoms with Crippen LogP contribution in [-0.4, -0.2) is 58.0 Å². The normalized spacial score (nSPS) is 13.6. The molecule has 1 fully saturated rings. The Balaban J connectivity index is 1.14. The molecule has 0 spiro atoms. The van der Waals surface area contributed by atoms with Crippen molar-refractivity contribution >= 4 is 23.3 Å². The summed E-state index contributed by atoms with van der Waals surface area (Å²) in [4.78, 5) is 36.6. The maximum atomic E-state index is 13.3. The Morgan fingerprint density at radius 3 is 2.49 bits per heavy atom. The molecule has 1 saturated heterocycles. The van der Waals surface area contributed by atoms with Crippen LogP contribution in [0.2, 0.25) is 0 Å². The van der Waals surface area contributed by atoms with E-state index >= 15 is 0 Å². The number of ether oxygens (including phenoxy) is 1. The number of benzene rings is 2. The number of hydrogen-bond acceptors (Lipinski definition) is 6. The molecule has 2 amide bonds. The molecule has 0 radical (unpaired) electrons. The zero-order valence-electron chi connectivity index (χ0n) is 23.5. The van der Waals surface area contributed by atoms with Crippen LogP contribution in [0.4, 0.5) is 11.5 Å². The number of nitrogens with one attached hydrogen (secondary N) is 2. The van der Waals surface area contributed by atoms with E-state index in [1.807, 2.05) is 46.9 Å². The van der Waals surface area contributed by atoms with Crippen molar-refractivity contribution in [3.63, 3.8) is 0 Å². The Kier molecular flexibility index (Phi) is 8.93. The molecule has 41 heavy (non-hydrogen) atoms. The first-order valence-corrected chi connectivity index (χ1v) is 14.0. The number of pyridine rings is 1. The van der Waals surface area contributed by atoms with E-state index in [4.69, 9.17) is 4.74 Å². The highest BCUT2D eigenvalue weighted by Crippen LogP contribution is 2.30. The van der Waals surface area contributed by atoms with Crippen LogP contribution >= 0.6 is 0 Å². The Morgan fingerprint density at radius 2 is 1.80 bits per heavy atom. The molecular formula is C32H36N6O3. The van der Waals surface area contributed by atoms with Crippen molar-refractivity contribution in [1.29, 1.82) is 0 Å². The molecule has 9 nitrogen and oxygen atoms in total. The molecule has 3 heterocycles. The fraction of sp³-hybridized carbons (Fsp3) is 0.312. The molecule has 9 heteroatoms. The fourth-order valence-corrected chi connectivity index (χ4v) is 5.09. The van der Waals surface area contributed by atoms with Gasteiger partial charge < -0.3 is 24.8 Å². The lowest BCUT2D eigenvalue weighted by Crippen LogP contribution is -2.38. The topological polar surface area (TPSA) is 101 Å². The SMILES string of the molecule is COc1ccc(C2CCN(C(=O)c3ccc(C)c(NC(=O)c4ccc(NCCCn5ccnc5)nc4)c3)CC2)cc1. The van der Waals surface area contributed by atoms with E-state index < -0.39 is 0 Å². The van der Waals surface area contributed by atoms with Gasteiger partial charge in [0.15, 0.2) is 0 Å². The number of rotatable bonds is 10. The smallest absolute Gasteiger partial charge is 0.257 e. The number of aromatic nitrogens is 3. The van der Waals surface area contributed by atoms with E-state index in [1.54, 1.807) is 44.0 Å². The van der Waals surface area contributed by atoms with Gasteiger partial charge in [0, 0.05) is 56.0 Å². The first-order valence-electron chi connectivity index (χ1n) is 14.0. The quantitative estimate of drug-likeness (QED) is 0.257. The van der Waals surface area contributed by atoms with Crippen LogP contribution in [0.5, 0.6) is 5.75 Å². The lowest BCUT2D eigenvalue weighted by atomic mass is 9.89. The number of anilines is 2. The number of nitrogens with zero attached hydrogens (tertiary/aromatic N) is 4. The second-order valence-corrected chi connectivity index (χ2v) is 10.3. The van der Waals surface area contributed by atoms with Crippen molar-refractivity contribution in [3.8, 4) is 5.75 Å². The average Bonchev–Trinajstić information content (AvgIpc) is 3.54. The van der Waals surface area contributed by atoms with Crippen molar-refractivity contribution in [2.45, 2.75) is 38.6 Å². The molecule has 2 aromatic carbocycles. The van der Waals surface area contributed by atoms with Gasteiger partial charge in [0.1, 0.15) is 11.6 Å². The number of hydrogen-bond donors (Lipinski definition) is 2. The number of imidazole rings is 1. The average molecular weight is 553 g/mol. The molecule has 0 unspecified atom stereocenters. The predicted octanol–water partition coefficient (Wildman–Crippen LogP) is 5.37. The van der Waals surface area contributed by atoms with Crippen LogP contribution in [0.25, 0.3) is 0 Å². The molecule has 212 valence electrons. The van der Waals surface area contributed by atoms with Gasteiger partial charge in [-0.2, -0.15) is 0 Å². The highest BCUT2D eigenvalue weighted by atomic mass is 16.5. The highest BCUT2D eigenvalue weighted by Gasteiger charge is 2.25. The molecule has 5 rings (SSSR count). The molecule has 2 aromatic heterocycles. The third kappa shape index (κ3) is 7.11. The van der Waals surface area contributed by atoms with Gasteiger partial charge in [-0.05, 0) is 79.6 Å². The molecule has 4 aromatic rings. The van der Waals surface area contributed by atoms with Gasteiger partial charge in [0.05, 0.1) is 19.0 Å². The third-order valence-electron chi connectivity index (χ3n) is 7.59. The van der Waals surface area contributed by atoms with Crippen LogP contribution in [0, 0.1) is 6.92 Å². The van der Waals surface area contributed by atoms with Crippen LogP contribution < -0.4 is 15.4 Å². The highest BCUT2D eigenvalue weighted by molar-refractivity contribution is 6.05. The van der Waals surface area contributed by atoms with Crippen molar-refractivity contribution in [2.24, 2.45) is 0 Å². The summed E-state index contributed by atoms with van der Waals surface area (Å²) in [5.74, 6) is 1.71. The van der Waals surface area contributed by atoms with Gasteiger partial charge in [-0.3, -0.25) is 9.59 Å². The van der Waals surface area contributed by atoms with E-state index in [9.17, 15) is 9.59 Å². The van der Waals surface area contributed by atoms with Crippen molar-refractivity contribution in [1.82, 2.24) is 19.4 Å². The van der Waals surface area contributed by atoms with Crippen LogP contribution in [-0.2, 0) is 6.54 Å². The summed E-state index contributed by atoms with van der Waals surface area (Å²) in [5.41, 5.74) is 3.81. The lowest BCUT2D eigenvalue weighted by Gasteiger charge is -2.32. The molecule has 0 bridgehead atoms. The minimum atomic E-state index is -0.267. The second-order valence-electron chi connectivity index (χ2n) is 10.3. The molecular weight excluding hydrogens is 516 g/mol. The number of methoxy groups -OCH3 is 1. The van der Waals surface area contributed by atoms with Gasteiger partial charge in [-0.15, -0.1) is 0 Å². The lowest BCUT2D eigenvalue weighted by molar-refractivity contribution is 0.0712. The molecule has 0 aliphatic carbocycles. The van der Waals surface area contributed by atoms with Gasteiger partial charge in [-0.25, -0.2) is 9.97 Å². The summed E-state index contributed by atoms with van der Waals surface area (Å²) in [7, 11) is 1.67. The van der Waals surface area contributed by atoms with Crippen molar-refractivity contribution < 1.29 is 14.3 Å². The zero-order chi connectivity index (χ0) is 28.6. The second kappa shape index (κ2) is 13.1. The Hall–Kier alpha value is -4.66. The fourth-order valence-electron chi connectivity index (χ4n) is 5.09. The number of piperidine rings is 1. The summed E-state index contributed by atoms with van der Waals surface area (Å²) in [5, 5.41) is 6.24. The van der Waals surface area contributed by atoms with E-state index in [1.165, 1.54) is 5.56 Å². The van der Waals surface area contributed by atoms with Gasteiger partial charge in [-0.1, -0.05) is 18.2 Å². The summed E-state index contributed by atoms with van der Waals surface area (Å²) >= 11 is 0. The van der Waals surface area contributed by atoms with E-state index in [0.29, 0.717) is 41.6 Å². The molecule has 1 aliphatic rings. The molecule has 2 N–H and O–H groups in total. The van der Waals surface area contributed by atoms with Gasteiger partial charge in [0.25, 0.3) is 11.8 Å².